The minimum Gasteiger partial charge on any atom is -0.334 e. The van der Waals surface area contributed by atoms with Gasteiger partial charge in [0.1, 0.15) is 17.7 Å². The van der Waals surface area contributed by atoms with Gasteiger partial charge in [-0.3, -0.25) is 4.79 Å². The van der Waals surface area contributed by atoms with Crippen LogP contribution in [-0.2, 0) is 0 Å². The van der Waals surface area contributed by atoms with Crippen molar-refractivity contribution in [3.8, 4) is 0 Å². The second-order valence-corrected chi connectivity index (χ2v) is 5.88. The molecule has 0 spiro atoms. The molecule has 0 radical (unpaired) electrons. The highest BCUT2D eigenvalue weighted by Gasteiger charge is 2.36. The molecule has 3 rings (SSSR count). The quantitative estimate of drug-likeness (QED) is 0.860. The maximum absolute atomic E-state index is 12.7. The molecule has 0 aromatic carbocycles. The van der Waals surface area contributed by atoms with Gasteiger partial charge in [0.05, 0.1) is 0 Å². The zero-order valence-electron chi connectivity index (χ0n) is 11.8. The number of aromatic nitrogens is 2. The summed E-state index contributed by atoms with van der Waals surface area (Å²) in [5.74, 6) is 0.335. The lowest BCUT2D eigenvalue weighted by Crippen LogP contribution is -2.39. The van der Waals surface area contributed by atoms with Gasteiger partial charge in [-0.2, -0.15) is 0 Å². The normalized spacial score (nSPS) is 23.2. The molecule has 1 saturated carbocycles. The van der Waals surface area contributed by atoms with Gasteiger partial charge in [0.2, 0.25) is 0 Å². The van der Waals surface area contributed by atoms with Gasteiger partial charge in [-0.1, -0.05) is 12.8 Å². The van der Waals surface area contributed by atoms with Crippen LogP contribution in [0.15, 0.2) is 12.4 Å². The number of likely N-dealkylation sites (tertiary alicyclic amines) is 1. The van der Waals surface area contributed by atoms with E-state index in [0.29, 0.717) is 12.5 Å². The minimum absolute atomic E-state index is 0.0881. The van der Waals surface area contributed by atoms with E-state index < -0.39 is 6.43 Å². The Balaban J connectivity index is 1.78. The first-order valence-electron chi connectivity index (χ1n) is 7.58. The zero-order valence-corrected chi connectivity index (χ0v) is 11.8. The molecule has 0 bridgehead atoms. The Labute approximate surface area is 122 Å². The van der Waals surface area contributed by atoms with Crippen LogP contribution < -0.4 is 0 Å². The largest absolute Gasteiger partial charge is 0.334 e. The molecule has 6 heteroatoms. The zero-order chi connectivity index (χ0) is 14.8. The fourth-order valence-corrected chi connectivity index (χ4v) is 3.63. The van der Waals surface area contributed by atoms with Crippen molar-refractivity contribution in [2.75, 3.05) is 6.54 Å². The molecular formula is C15H19F2N3O. The van der Waals surface area contributed by atoms with E-state index in [-0.39, 0.29) is 23.3 Å². The van der Waals surface area contributed by atoms with Crippen molar-refractivity contribution in [3.05, 3.63) is 23.8 Å². The summed E-state index contributed by atoms with van der Waals surface area (Å²) in [5.41, 5.74) is -0.296. The van der Waals surface area contributed by atoms with Crippen molar-refractivity contribution in [1.82, 2.24) is 14.9 Å². The Kier molecular flexibility index (Phi) is 4.12. The maximum atomic E-state index is 12.7. The molecular weight excluding hydrogens is 276 g/mol. The third-order valence-corrected chi connectivity index (χ3v) is 4.64. The minimum atomic E-state index is -2.68. The van der Waals surface area contributed by atoms with Gasteiger partial charge in [0, 0.05) is 12.6 Å². The Morgan fingerprint density at radius 2 is 1.95 bits per heavy atom. The standard InChI is InChI=1S/C15H19F2N3O/c16-14(17)11-8-12(19-9-18-11)15(21)20-7-3-6-13(20)10-4-1-2-5-10/h8-10,13-14H,1-7H2. The number of halogens is 2. The van der Waals surface area contributed by atoms with Gasteiger partial charge >= 0.3 is 0 Å². The van der Waals surface area contributed by atoms with Crippen molar-refractivity contribution in [2.24, 2.45) is 5.92 Å². The van der Waals surface area contributed by atoms with Crippen molar-refractivity contribution < 1.29 is 13.6 Å². The van der Waals surface area contributed by atoms with Gasteiger partial charge in [0.25, 0.3) is 12.3 Å². The molecule has 114 valence electrons. The van der Waals surface area contributed by atoms with E-state index in [9.17, 15) is 13.6 Å². The third-order valence-electron chi connectivity index (χ3n) is 4.64. The highest BCUT2D eigenvalue weighted by molar-refractivity contribution is 5.92. The van der Waals surface area contributed by atoms with E-state index in [4.69, 9.17) is 0 Å². The van der Waals surface area contributed by atoms with Crippen LogP contribution in [-0.4, -0.2) is 33.4 Å². The summed E-state index contributed by atoms with van der Waals surface area (Å²) in [6.45, 7) is 0.702. The van der Waals surface area contributed by atoms with E-state index >= 15 is 0 Å². The number of hydrogen-bond acceptors (Lipinski definition) is 3. The SMILES string of the molecule is O=C(c1cc(C(F)F)ncn1)N1CCCC1C1CCCC1. The maximum Gasteiger partial charge on any atom is 0.280 e. The molecule has 2 fully saturated rings. The van der Waals surface area contributed by atoms with Crippen LogP contribution in [0.3, 0.4) is 0 Å². The molecule has 2 aliphatic rings. The second kappa shape index (κ2) is 6.03. The average molecular weight is 295 g/mol. The van der Waals surface area contributed by atoms with E-state index in [1.807, 2.05) is 4.90 Å². The van der Waals surface area contributed by atoms with Crippen LogP contribution in [0.25, 0.3) is 0 Å². The van der Waals surface area contributed by atoms with Crippen LogP contribution in [0, 0.1) is 5.92 Å². The first kappa shape index (κ1) is 14.4. The monoisotopic (exact) mass is 295 g/mol. The molecule has 1 unspecified atom stereocenters. The van der Waals surface area contributed by atoms with E-state index in [1.54, 1.807) is 0 Å². The average Bonchev–Trinajstić information content (AvgIpc) is 3.17. The molecule has 1 aliphatic carbocycles. The van der Waals surface area contributed by atoms with Crippen LogP contribution in [0.1, 0.15) is 61.1 Å². The molecule has 1 atom stereocenters. The molecule has 1 amide bonds. The summed E-state index contributed by atoms with van der Waals surface area (Å²) in [5, 5.41) is 0. The summed E-state index contributed by atoms with van der Waals surface area (Å²) in [6.07, 6.45) is 5.17. The summed E-state index contributed by atoms with van der Waals surface area (Å²) in [7, 11) is 0. The van der Waals surface area contributed by atoms with Crippen molar-refractivity contribution in [1.29, 1.82) is 0 Å². The first-order valence-corrected chi connectivity index (χ1v) is 7.58. The molecule has 2 heterocycles. The van der Waals surface area contributed by atoms with Crippen LogP contribution in [0.5, 0.6) is 0 Å². The van der Waals surface area contributed by atoms with Gasteiger partial charge < -0.3 is 4.90 Å². The fraction of sp³-hybridized carbons (Fsp3) is 0.667. The van der Waals surface area contributed by atoms with E-state index in [2.05, 4.69) is 9.97 Å². The number of carbonyl (C=O) groups excluding carboxylic acids is 1. The predicted molar refractivity (Wildman–Crippen MR) is 73.0 cm³/mol. The lowest BCUT2D eigenvalue weighted by molar-refractivity contribution is 0.0682. The molecule has 4 nitrogen and oxygen atoms in total. The van der Waals surface area contributed by atoms with Gasteiger partial charge in [0.15, 0.2) is 0 Å². The molecule has 0 N–H and O–H groups in total. The Bertz CT molecular complexity index is 517. The summed E-state index contributed by atoms with van der Waals surface area (Å²) in [6, 6.07) is 1.38. The Morgan fingerprint density at radius 3 is 2.67 bits per heavy atom. The van der Waals surface area contributed by atoms with Crippen molar-refractivity contribution in [2.45, 2.75) is 51.0 Å². The van der Waals surface area contributed by atoms with Crippen LogP contribution in [0.2, 0.25) is 0 Å². The van der Waals surface area contributed by atoms with Gasteiger partial charge in [-0.15, -0.1) is 0 Å². The van der Waals surface area contributed by atoms with E-state index in [1.165, 1.54) is 25.7 Å². The fourth-order valence-electron chi connectivity index (χ4n) is 3.63. The summed E-state index contributed by atoms with van der Waals surface area (Å²) >= 11 is 0. The smallest absolute Gasteiger partial charge is 0.280 e. The highest BCUT2D eigenvalue weighted by Crippen LogP contribution is 2.36. The highest BCUT2D eigenvalue weighted by atomic mass is 19.3. The van der Waals surface area contributed by atoms with Crippen LogP contribution >= 0.6 is 0 Å². The number of carbonyl (C=O) groups is 1. The van der Waals surface area contributed by atoms with E-state index in [0.717, 1.165) is 25.2 Å². The lowest BCUT2D eigenvalue weighted by Gasteiger charge is -2.29. The molecule has 1 aliphatic heterocycles. The van der Waals surface area contributed by atoms with Gasteiger partial charge in [-0.05, 0) is 37.7 Å². The number of hydrogen-bond donors (Lipinski definition) is 0. The second-order valence-electron chi connectivity index (χ2n) is 5.88. The lowest BCUT2D eigenvalue weighted by atomic mass is 9.96. The summed E-state index contributed by atoms with van der Waals surface area (Å²) in [4.78, 5) is 21.8. The number of rotatable bonds is 3. The number of nitrogens with zero attached hydrogens (tertiary/aromatic N) is 3. The van der Waals surface area contributed by atoms with Crippen molar-refractivity contribution in [3.63, 3.8) is 0 Å². The third kappa shape index (κ3) is 2.89. The Morgan fingerprint density at radius 1 is 1.19 bits per heavy atom. The van der Waals surface area contributed by atoms with Gasteiger partial charge in [-0.25, -0.2) is 18.7 Å². The Hall–Kier alpha value is -1.59. The number of amides is 1. The first-order chi connectivity index (χ1) is 10.2. The van der Waals surface area contributed by atoms with Crippen LogP contribution in [0.4, 0.5) is 8.78 Å². The van der Waals surface area contributed by atoms with Crippen molar-refractivity contribution >= 4 is 5.91 Å². The summed E-state index contributed by atoms with van der Waals surface area (Å²) < 4.78 is 25.4. The predicted octanol–water partition coefficient (Wildman–Crippen LogP) is 3.21. The molecule has 1 saturated heterocycles. The molecule has 1 aromatic rings. The number of alkyl halides is 2. The topological polar surface area (TPSA) is 46.1 Å². The molecule has 21 heavy (non-hydrogen) atoms. The molecule has 1 aromatic heterocycles.